The number of aryl methyl sites for hydroxylation is 2. The van der Waals surface area contributed by atoms with Crippen LogP contribution in [-0.4, -0.2) is 24.7 Å². The van der Waals surface area contributed by atoms with E-state index in [-0.39, 0.29) is 12.4 Å². The van der Waals surface area contributed by atoms with Gasteiger partial charge in [-0.05, 0) is 49.6 Å². The molecule has 140 valence electrons. The molecule has 0 unspecified atom stereocenters. The molecule has 0 aliphatic heterocycles. The van der Waals surface area contributed by atoms with Crippen molar-refractivity contribution in [1.82, 2.24) is 4.98 Å². The lowest BCUT2D eigenvalue weighted by molar-refractivity contribution is -0.139. The predicted molar refractivity (Wildman–Crippen MR) is 103 cm³/mol. The molecule has 0 atom stereocenters. The maximum atomic E-state index is 11.4. The molecule has 0 N–H and O–H groups in total. The van der Waals surface area contributed by atoms with E-state index in [0.29, 0.717) is 12.5 Å². The van der Waals surface area contributed by atoms with E-state index in [1.54, 1.807) is 0 Å². The van der Waals surface area contributed by atoms with E-state index in [9.17, 15) is 4.79 Å². The molecule has 0 saturated heterocycles. The third kappa shape index (κ3) is 5.20. The highest BCUT2D eigenvalue weighted by Crippen LogP contribution is 2.22. The van der Waals surface area contributed by atoms with Gasteiger partial charge >= 0.3 is 5.97 Å². The third-order valence-corrected chi connectivity index (χ3v) is 4.21. The number of esters is 1. The average Bonchev–Trinajstić information content (AvgIpc) is 3.07. The Morgan fingerprint density at radius 3 is 2.70 bits per heavy atom. The van der Waals surface area contributed by atoms with E-state index in [2.05, 4.69) is 4.98 Å². The van der Waals surface area contributed by atoms with Crippen LogP contribution in [-0.2, 0) is 22.4 Å². The summed E-state index contributed by atoms with van der Waals surface area (Å²) in [6, 6.07) is 17.4. The maximum Gasteiger partial charge on any atom is 0.309 e. The first kappa shape index (κ1) is 18.7. The minimum Gasteiger partial charge on any atom is -0.494 e. The van der Waals surface area contributed by atoms with Gasteiger partial charge in [0.25, 0.3) is 0 Å². The van der Waals surface area contributed by atoms with Crippen LogP contribution in [0.5, 0.6) is 5.75 Å². The molecule has 0 aliphatic rings. The van der Waals surface area contributed by atoms with Crippen LogP contribution < -0.4 is 4.74 Å². The Kier molecular flexibility index (Phi) is 6.26. The van der Waals surface area contributed by atoms with Crippen molar-refractivity contribution in [3.63, 3.8) is 0 Å². The molecular weight excluding hydrogens is 342 g/mol. The molecule has 2 aromatic carbocycles. The first-order valence-corrected chi connectivity index (χ1v) is 8.96. The number of carbonyl (C=O) groups excluding carboxylic acids is 1. The quantitative estimate of drug-likeness (QED) is 0.438. The monoisotopic (exact) mass is 365 g/mol. The van der Waals surface area contributed by atoms with Crippen molar-refractivity contribution >= 4 is 5.97 Å². The van der Waals surface area contributed by atoms with Gasteiger partial charge in [0.2, 0.25) is 5.89 Å². The smallest absolute Gasteiger partial charge is 0.309 e. The van der Waals surface area contributed by atoms with Crippen molar-refractivity contribution in [3.05, 3.63) is 71.6 Å². The number of methoxy groups -OCH3 is 1. The number of carbonyl (C=O) groups is 1. The Hall–Kier alpha value is -3.08. The molecule has 0 bridgehead atoms. The van der Waals surface area contributed by atoms with Crippen molar-refractivity contribution in [2.24, 2.45) is 0 Å². The van der Waals surface area contributed by atoms with Crippen LogP contribution in [0.1, 0.15) is 23.4 Å². The average molecular weight is 365 g/mol. The van der Waals surface area contributed by atoms with Crippen molar-refractivity contribution < 1.29 is 18.7 Å². The summed E-state index contributed by atoms with van der Waals surface area (Å²) in [6.07, 6.45) is 1.85. The molecule has 0 spiro atoms. The van der Waals surface area contributed by atoms with Gasteiger partial charge in [0, 0.05) is 5.56 Å². The van der Waals surface area contributed by atoms with Crippen LogP contribution >= 0.6 is 0 Å². The van der Waals surface area contributed by atoms with Crippen LogP contribution in [0.15, 0.2) is 59.0 Å². The van der Waals surface area contributed by atoms with Crippen molar-refractivity contribution in [2.75, 3.05) is 13.7 Å². The highest BCUT2D eigenvalue weighted by molar-refractivity contribution is 5.72. The number of rotatable bonds is 8. The number of hydrogen-bond donors (Lipinski definition) is 0. The second kappa shape index (κ2) is 9.03. The van der Waals surface area contributed by atoms with Gasteiger partial charge in [0.05, 0.1) is 25.8 Å². The predicted octanol–water partition coefficient (Wildman–Crippen LogP) is 4.38. The summed E-state index contributed by atoms with van der Waals surface area (Å²) in [5, 5.41) is 0. The number of benzene rings is 2. The zero-order valence-corrected chi connectivity index (χ0v) is 15.6. The molecule has 0 radical (unpaired) electrons. The Morgan fingerprint density at radius 1 is 1.11 bits per heavy atom. The van der Waals surface area contributed by atoms with Gasteiger partial charge in [-0.3, -0.25) is 4.79 Å². The van der Waals surface area contributed by atoms with Gasteiger partial charge < -0.3 is 13.9 Å². The summed E-state index contributed by atoms with van der Waals surface area (Å²) in [5.41, 5.74) is 2.81. The lowest BCUT2D eigenvalue weighted by atomic mass is 10.1. The zero-order chi connectivity index (χ0) is 19.1. The Bertz CT molecular complexity index is 886. The first-order chi connectivity index (χ1) is 13.2. The van der Waals surface area contributed by atoms with Gasteiger partial charge in [0.15, 0.2) is 0 Å². The van der Waals surface area contributed by atoms with Gasteiger partial charge in [-0.15, -0.1) is 0 Å². The molecule has 5 nitrogen and oxygen atoms in total. The minimum absolute atomic E-state index is 0.244. The number of aromatic nitrogens is 1. The Labute approximate surface area is 159 Å². The Balaban J connectivity index is 1.51. The molecule has 1 aromatic heterocycles. The van der Waals surface area contributed by atoms with Crippen LogP contribution in [0.2, 0.25) is 0 Å². The maximum absolute atomic E-state index is 11.4. The largest absolute Gasteiger partial charge is 0.494 e. The van der Waals surface area contributed by atoms with Gasteiger partial charge in [-0.25, -0.2) is 4.98 Å². The second-order valence-electron chi connectivity index (χ2n) is 6.24. The fraction of sp³-hybridized carbons (Fsp3) is 0.273. The molecule has 3 aromatic rings. The minimum atomic E-state index is -0.261. The van der Waals surface area contributed by atoms with E-state index in [0.717, 1.165) is 41.2 Å². The molecule has 0 saturated carbocycles. The van der Waals surface area contributed by atoms with Crippen LogP contribution in [0.3, 0.4) is 0 Å². The normalized spacial score (nSPS) is 10.6. The molecule has 5 heteroatoms. The summed E-state index contributed by atoms with van der Waals surface area (Å²) in [4.78, 5) is 16.0. The van der Waals surface area contributed by atoms with Crippen molar-refractivity contribution in [3.8, 4) is 17.2 Å². The summed E-state index contributed by atoms with van der Waals surface area (Å²) < 4.78 is 16.3. The molecular formula is C22H23NO4. The number of ether oxygens (including phenoxy) is 2. The number of oxazole rings is 1. The fourth-order valence-corrected chi connectivity index (χ4v) is 2.78. The van der Waals surface area contributed by atoms with E-state index < -0.39 is 0 Å². The van der Waals surface area contributed by atoms with Crippen molar-refractivity contribution in [2.45, 2.75) is 26.2 Å². The summed E-state index contributed by atoms with van der Waals surface area (Å²) in [7, 11) is 1.39. The van der Waals surface area contributed by atoms with Crippen LogP contribution in [0.25, 0.3) is 11.5 Å². The Morgan fingerprint density at radius 2 is 1.93 bits per heavy atom. The number of nitrogens with zero attached hydrogens (tertiary/aromatic N) is 1. The lowest BCUT2D eigenvalue weighted by Gasteiger charge is -2.07. The molecule has 0 fully saturated rings. The molecule has 27 heavy (non-hydrogen) atoms. The second-order valence-corrected chi connectivity index (χ2v) is 6.24. The van der Waals surface area contributed by atoms with E-state index >= 15 is 0 Å². The fourth-order valence-electron chi connectivity index (χ4n) is 2.78. The molecule has 1 heterocycles. The zero-order valence-electron chi connectivity index (χ0n) is 15.6. The lowest BCUT2D eigenvalue weighted by Crippen LogP contribution is -2.05. The highest BCUT2D eigenvalue weighted by Gasteiger charge is 2.11. The summed E-state index contributed by atoms with van der Waals surface area (Å²) in [6.45, 7) is 2.50. The third-order valence-electron chi connectivity index (χ3n) is 4.21. The standard InChI is InChI=1S/C22H23NO4/c1-16-20(23-22(27-16)18-9-4-3-5-10-18)12-7-13-26-19-11-6-8-17(14-19)15-21(24)25-2/h3-6,8-11,14H,7,12-13,15H2,1-2H3. The topological polar surface area (TPSA) is 61.6 Å². The van der Waals surface area contributed by atoms with Gasteiger partial charge in [0.1, 0.15) is 11.5 Å². The number of hydrogen-bond acceptors (Lipinski definition) is 5. The van der Waals surface area contributed by atoms with Gasteiger partial charge in [-0.2, -0.15) is 0 Å². The van der Waals surface area contributed by atoms with Crippen LogP contribution in [0, 0.1) is 6.92 Å². The summed E-state index contributed by atoms with van der Waals surface area (Å²) in [5.74, 6) is 1.98. The van der Waals surface area contributed by atoms with E-state index in [1.807, 2.05) is 61.5 Å². The molecule has 3 rings (SSSR count). The summed E-state index contributed by atoms with van der Waals surface area (Å²) >= 11 is 0. The van der Waals surface area contributed by atoms with E-state index in [4.69, 9.17) is 13.9 Å². The van der Waals surface area contributed by atoms with Crippen molar-refractivity contribution in [1.29, 1.82) is 0 Å². The van der Waals surface area contributed by atoms with E-state index in [1.165, 1.54) is 7.11 Å². The molecule has 0 amide bonds. The van der Waals surface area contributed by atoms with Crippen LogP contribution in [0.4, 0.5) is 0 Å². The highest BCUT2D eigenvalue weighted by atomic mass is 16.5. The van der Waals surface area contributed by atoms with Gasteiger partial charge in [-0.1, -0.05) is 30.3 Å². The first-order valence-electron chi connectivity index (χ1n) is 8.96. The SMILES string of the molecule is COC(=O)Cc1cccc(OCCCc2nc(-c3ccccc3)oc2C)c1. The molecule has 0 aliphatic carbocycles.